The van der Waals surface area contributed by atoms with Crippen molar-refractivity contribution in [3.8, 4) is 5.88 Å². The summed E-state index contributed by atoms with van der Waals surface area (Å²) < 4.78 is 16.2. The number of nitrogens with one attached hydrogen (secondary N) is 1. The van der Waals surface area contributed by atoms with Crippen molar-refractivity contribution in [2.75, 3.05) is 47.6 Å². The fourth-order valence-corrected chi connectivity index (χ4v) is 3.02. The van der Waals surface area contributed by atoms with Crippen molar-refractivity contribution in [1.29, 1.82) is 0 Å². The summed E-state index contributed by atoms with van der Waals surface area (Å²) in [4.78, 5) is 6.51. The van der Waals surface area contributed by atoms with Crippen molar-refractivity contribution in [2.45, 2.75) is 31.7 Å². The number of aliphatic hydroxyl groups is 1. The highest BCUT2D eigenvalue weighted by Gasteiger charge is 2.40. The van der Waals surface area contributed by atoms with Gasteiger partial charge in [-0.1, -0.05) is 0 Å². The van der Waals surface area contributed by atoms with Crippen LogP contribution in [0.2, 0.25) is 0 Å². The number of methoxy groups -OCH3 is 2. The number of aromatic nitrogens is 1. The van der Waals surface area contributed by atoms with Gasteiger partial charge in [0.1, 0.15) is 0 Å². The van der Waals surface area contributed by atoms with Crippen molar-refractivity contribution in [1.82, 2.24) is 15.2 Å². The first-order chi connectivity index (χ1) is 11.6. The molecule has 1 saturated heterocycles. The lowest BCUT2D eigenvalue weighted by Crippen LogP contribution is -2.65. The van der Waals surface area contributed by atoms with Gasteiger partial charge in [0.05, 0.1) is 39.1 Å². The van der Waals surface area contributed by atoms with Gasteiger partial charge in [-0.05, 0) is 25.6 Å². The van der Waals surface area contributed by atoms with Crippen molar-refractivity contribution >= 4 is 0 Å². The van der Waals surface area contributed by atoms with Crippen molar-refractivity contribution in [3.63, 3.8) is 0 Å². The average molecular weight is 339 g/mol. The van der Waals surface area contributed by atoms with Crippen LogP contribution in [0.15, 0.2) is 12.3 Å². The Balaban J connectivity index is 2.03. The molecule has 0 aliphatic carbocycles. The molecule has 0 aromatic carbocycles. The highest BCUT2D eigenvalue weighted by atomic mass is 16.5. The van der Waals surface area contributed by atoms with Crippen LogP contribution in [0.4, 0.5) is 0 Å². The van der Waals surface area contributed by atoms with Crippen LogP contribution in [0.5, 0.6) is 5.88 Å². The summed E-state index contributed by atoms with van der Waals surface area (Å²) in [7, 11) is 5.31. The van der Waals surface area contributed by atoms with E-state index in [-0.39, 0.29) is 12.6 Å². The maximum absolute atomic E-state index is 9.93. The fraction of sp³-hybridized carbons (Fsp3) is 0.706. The first kappa shape index (κ1) is 19.1. The Hall–Kier alpha value is -1.25. The summed E-state index contributed by atoms with van der Waals surface area (Å²) in [6.07, 6.45) is 1.76. The first-order valence-corrected chi connectivity index (χ1v) is 8.19. The molecule has 1 fully saturated rings. The molecule has 136 valence electrons. The predicted molar refractivity (Wildman–Crippen MR) is 91.1 cm³/mol. The third-order valence-electron chi connectivity index (χ3n) is 4.69. The number of morpholine rings is 1. The topological polar surface area (TPSA) is 76.1 Å². The Morgan fingerprint density at radius 1 is 1.50 bits per heavy atom. The third kappa shape index (κ3) is 4.23. The number of aliphatic hydroxyl groups excluding tert-OH is 1. The molecule has 7 heteroatoms. The second-order valence-corrected chi connectivity index (χ2v) is 6.41. The van der Waals surface area contributed by atoms with E-state index < -0.39 is 5.54 Å². The van der Waals surface area contributed by atoms with Gasteiger partial charge in [0.25, 0.3) is 0 Å². The van der Waals surface area contributed by atoms with Gasteiger partial charge < -0.3 is 24.6 Å². The standard InChI is InChI=1S/C17H29N3O4/c1-13-8-24-12-17(11-21,20(13)2)10-18-7-15-5-14(9-22-3)6-19-16(15)23-4/h5-6,13,18,21H,7-12H2,1-4H3/t13-,17+/m1/s1. The number of pyridine rings is 1. The molecule has 1 aliphatic rings. The number of ether oxygens (including phenoxy) is 3. The van der Waals surface area contributed by atoms with E-state index in [0.29, 0.717) is 38.8 Å². The minimum atomic E-state index is -0.414. The molecule has 2 heterocycles. The molecule has 0 unspecified atom stereocenters. The van der Waals surface area contributed by atoms with Crippen LogP contribution in [-0.4, -0.2) is 74.2 Å². The van der Waals surface area contributed by atoms with Crippen LogP contribution in [0.1, 0.15) is 18.1 Å². The molecule has 0 radical (unpaired) electrons. The summed E-state index contributed by atoms with van der Waals surface area (Å²) in [5, 5.41) is 13.3. The molecule has 1 aromatic heterocycles. The van der Waals surface area contributed by atoms with Gasteiger partial charge in [-0.3, -0.25) is 4.90 Å². The lowest BCUT2D eigenvalue weighted by molar-refractivity contribution is -0.106. The Morgan fingerprint density at radius 3 is 2.96 bits per heavy atom. The molecule has 1 aliphatic heterocycles. The summed E-state index contributed by atoms with van der Waals surface area (Å²) in [5.41, 5.74) is 1.55. The lowest BCUT2D eigenvalue weighted by Gasteiger charge is -2.47. The number of hydrogen-bond acceptors (Lipinski definition) is 7. The number of likely N-dealkylation sites (N-methyl/N-ethyl adjacent to an activating group) is 1. The van der Waals surface area contributed by atoms with Crippen LogP contribution in [0.25, 0.3) is 0 Å². The molecule has 7 nitrogen and oxygen atoms in total. The van der Waals surface area contributed by atoms with Crippen molar-refractivity contribution < 1.29 is 19.3 Å². The summed E-state index contributed by atoms with van der Waals surface area (Å²) >= 11 is 0. The van der Waals surface area contributed by atoms with Gasteiger partial charge in [-0.15, -0.1) is 0 Å². The second kappa shape index (κ2) is 8.73. The second-order valence-electron chi connectivity index (χ2n) is 6.41. The van der Waals surface area contributed by atoms with E-state index in [0.717, 1.165) is 11.1 Å². The predicted octanol–water partition coefficient (Wildman–Crippen LogP) is 0.408. The Kier molecular flexibility index (Phi) is 6.94. The van der Waals surface area contributed by atoms with Crippen LogP contribution >= 0.6 is 0 Å². The van der Waals surface area contributed by atoms with E-state index in [1.807, 2.05) is 13.1 Å². The van der Waals surface area contributed by atoms with Crippen molar-refractivity contribution in [3.05, 3.63) is 23.4 Å². The molecule has 0 saturated carbocycles. The largest absolute Gasteiger partial charge is 0.481 e. The molecule has 2 N–H and O–H groups in total. The highest BCUT2D eigenvalue weighted by molar-refractivity contribution is 5.29. The maximum Gasteiger partial charge on any atom is 0.217 e. The summed E-state index contributed by atoms with van der Waals surface area (Å²) in [6.45, 7) is 5.06. The fourth-order valence-electron chi connectivity index (χ4n) is 3.02. The summed E-state index contributed by atoms with van der Waals surface area (Å²) in [6, 6.07) is 2.30. The maximum atomic E-state index is 9.93. The van der Waals surface area contributed by atoms with E-state index in [1.54, 1.807) is 20.4 Å². The molecule has 0 bridgehead atoms. The zero-order valence-corrected chi connectivity index (χ0v) is 15.0. The zero-order valence-electron chi connectivity index (χ0n) is 15.0. The van der Waals surface area contributed by atoms with Crippen LogP contribution in [0.3, 0.4) is 0 Å². The van der Waals surface area contributed by atoms with Crippen LogP contribution in [0, 0.1) is 0 Å². The number of hydrogen-bond donors (Lipinski definition) is 2. The van der Waals surface area contributed by atoms with E-state index >= 15 is 0 Å². The van der Waals surface area contributed by atoms with Gasteiger partial charge in [-0.25, -0.2) is 4.98 Å². The lowest BCUT2D eigenvalue weighted by atomic mass is 9.96. The molecule has 0 spiro atoms. The van der Waals surface area contributed by atoms with E-state index in [9.17, 15) is 5.11 Å². The van der Waals surface area contributed by atoms with E-state index in [2.05, 4.69) is 22.1 Å². The van der Waals surface area contributed by atoms with Gasteiger partial charge >= 0.3 is 0 Å². The van der Waals surface area contributed by atoms with E-state index in [4.69, 9.17) is 14.2 Å². The Bertz CT molecular complexity index is 529. The minimum Gasteiger partial charge on any atom is -0.481 e. The van der Waals surface area contributed by atoms with Gasteiger partial charge in [-0.2, -0.15) is 0 Å². The van der Waals surface area contributed by atoms with Crippen LogP contribution < -0.4 is 10.1 Å². The monoisotopic (exact) mass is 339 g/mol. The number of nitrogens with zero attached hydrogens (tertiary/aromatic N) is 2. The zero-order chi connectivity index (χ0) is 17.6. The third-order valence-corrected chi connectivity index (χ3v) is 4.69. The Labute approximate surface area is 143 Å². The quantitative estimate of drug-likeness (QED) is 0.710. The van der Waals surface area contributed by atoms with Gasteiger partial charge in [0.15, 0.2) is 0 Å². The molecular formula is C17H29N3O4. The molecule has 1 aromatic rings. The molecule has 2 atom stereocenters. The smallest absolute Gasteiger partial charge is 0.217 e. The highest BCUT2D eigenvalue weighted by Crippen LogP contribution is 2.22. The van der Waals surface area contributed by atoms with E-state index in [1.165, 1.54) is 0 Å². The normalized spacial score (nSPS) is 25.0. The minimum absolute atomic E-state index is 0.0416. The first-order valence-electron chi connectivity index (χ1n) is 8.19. The number of rotatable bonds is 8. The Morgan fingerprint density at radius 2 is 2.29 bits per heavy atom. The van der Waals surface area contributed by atoms with Gasteiger partial charge in [0, 0.05) is 38.0 Å². The molecule has 24 heavy (non-hydrogen) atoms. The van der Waals surface area contributed by atoms with Crippen LogP contribution in [-0.2, 0) is 22.6 Å². The SMILES string of the molecule is COCc1cnc(OC)c(CNC[C@]2(CO)COC[C@@H](C)N2C)c1. The summed E-state index contributed by atoms with van der Waals surface area (Å²) in [5.74, 6) is 0.599. The van der Waals surface area contributed by atoms with Gasteiger partial charge in [0.2, 0.25) is 5.88 Å². The molecule has 2 rings (SSSR count). The molecule has 0 amide bonds. The average Bonchev–Trinajstić information content (AvgIpc) is 2.59. The molecular weight excluding hydrogens is 310 g/mol. The van der Waals surface area contributed by atoms with Crippen molar-refractivity contribution in [2.24, 2.45) is 0 Å².